The molecular formula is C15H14O2S. The lowest BCUT2D eigenvalue weighted by Gasteiger charge is -2.04. The van der Waals surface area contributed by atoms with Gasteiger partial charge in [0, 0.05) is 6.26 Å². The number of sulfone groups is 1. The molecule has 0 saturated heterocycles. The van der Waals surface area contributed by atoms with E-state index in [4.69, 9.17) is 0 Å². The summed E-state index contributed by atoms with van der Waals surface area (Å²) in [4.78, 5) is 0.341. The average molecular weight is 258 g/mol. The van der Waals surface area contributed by atoms with Gasteiger partial charge in [0.1, 0.15) is 0 Å². The zero-order chi connectivity index (χ0) is 13.2. The molecule has 0 N–H and O–H groups in total. The highest BCUT2D eigenvalue weighted by atomic mass is 32.2. The fourth-order valence-corrected chi connectivity index (χ4v) is 2.38. The number of hydrogen-bond donors (Lipinski definition) is 0. The topological polar surface area (TPSA) is 34.1 Å². The molecule has 0 fully saturated rings. The largest absolute Gasteiger partial charge is 0.224 e. The molecule has 0 spiro atoms. The molecule has 0 heterocycles. The molecule has 0 bridgehead atoms. The Morgan fingerprint density at radius 3 is 2.22 bits per heavy atom. The van der Waals surface area contributed by atoms with Crippen LogP contribution in [-0.4, -0.2) is 14.7 Å². The minimum atomic E-state index is -3.16. The highest BCUT2D eigenvalue weighted by Crippen LogP contribution is 2.23. The molecule has 0 aliphatic rings. The predicted molar refractivity (Wildman–Crippen MR) is 75.1 cm³/mol. The number of rotatable bonds is 3. The Bertz CT molecular complexity index is 668. The summed E-state index contributed by atoms with van der Waals surface area (Å²) in [5.74, 6) is 0. The normalized spacial score (nSPS) is 11.2. The van der Waals surface area contributed by atoms with Gasteiger partial charge in [0.05, 0.1) is 4.90 Å². The summed E-state index contributed by atoms with van der Waals surface area (Å²) in [5.41, 5.74) is 2.93. The van der Waals surface area contributed by atoms with Crippen LogP contribution in [0.2, 0.25) is 0 Å². The van der Waals surface area contributed by atoms with E-state index in [0.717, 1.165) is 16.7 Å². The highest BCUT2D eigenvalue weighted by Gasteiger charge is 2.07. The van der Waals surface area contributed by atoms with E-state index in [1.165, 1.54) is 6.26 Å². The van der Waals surface area contributed by atoms with Gasteiger partial charge in [-0.25, -0.2) is 8.42 Å². The van der Waals surface area contributed by atoms with Crippen LogP contribution in [0.4, 0.5) is 0 Å². The van der Waals surface area contributed by atoms with Crippen molar-refractivity contribution < 1.29 is 8.42 Å². The molecule has 3 heteroatoms. The quantitative estimate of drug-likeness (QED) is 0.845. The van der Waals surface area contributed by atoms with E-state index in [1.54, 1.807) is 24.3 Å². The minimum absolute atomic E-state index is 0.341. The molecule has 0 aromatic heterocycles. The van der Waals surface area contributed by atoms with E-state index in [9.17, 15) is 8.42 Å². The van der Waals surface area contributed by atoms with Crippen molar-refractivity contribution in [2.75, 3.05) is 6.26 Å². The summed E-state index contributed by atoms with van der Waals surface area (Å²) < 4.78 is 23.0. The molecule has 18 heavy (non-hydrogen) atoms. The molecule has 0 unspecified atom stereocenters. The van der Waals surface area contributed by atoms with Gasteiger partial charge in [-0.2, -0.15) is 0 Å². The van der Waals surface area contributed by atoms with Crippen molar-refractivity contribution >= 4 is 15.9 Å². The second-order valence-corrected chi connectivity index (χ2v) is 6.14. The van der Waals surface area contributed by atoms with Gasteiger partial charge in [0.2, 0.25) is 0 Å². The Hall–Kier alpha value is -1.87. The Labute approximate surface area is 108 Å². The summed E-state index contributed by atoms with van der Waals surface area (Å²) in [6.07, 6.45) is 2.99. The van der Waals surface area contributed by atoms with Gasteiger partial charge in [-0.1, -0.05) is 49.1 Å². The van der Waals surface area contributed by atoms with Gasteiger partial charge >= 0.3 is 0 Å². The smallest absolute Gasteiger partial charge is 0.175 e. The zero-order valence-electron chi connectivity index (χ0n) is 10.1. The van der Waals surface area contributed by atoms with Gasteiger partial charge < -0.3 is 0 Å². The Kier molecular flexibility index (Phi) is 3.34. The average Bonchev–Trinajstić information content (AvgIpc) is 2.38. The zero-order valence-corrected chi connectivity index (χ0v) is 10.9. The van der Waals surface area contributed by atoms with Crippen LogP contribution in [0.5, 0.6) is 0 Å². The summed E-state index contributed by atoms with van der Waals surface area (Å²) in [6, 6.07) is 14.8. The van der Waals surface area contributed by atoms with E-state index < -0.39 is 9.84 Å². The van der Waals surface area contributed by atoms with Crippen LogP contribution in [-0.2, 0) is 9.84 Å². The first-order chi connectivity index (χ1) is 8.50. The third-order valence-electron chi connectivity index (χ3n) is 2.74. The maximum atomic E-state index is 11.5. The maximum Gasteiger partial charge on any atom is 0.175 e. The summed E-state index contributed by atoms with van der Waals surface area (Å²) in [5, 5.41) is 0. The minimum Gasteiger partial charge on any atom is -0.224 e. The lowest BCUT2D eigenvalue weighted by atomic mass is 10.0. The fourth-order valence-electron chi connectivity index (χ4n) is 1.72. The Morgan fingerprint density at radius 1 is 1.00 bits per heavy atom. The van der Waals surface area contributed by atoms with E-state index in [1.807, 2.05) is 30.3 Å². The molecule has 0 amide bonds. The van der Waals surface area contributed by atoms with Crippen molar-refractivity contribution in [3.63, 3.8) is 0 Å². The van der Waals surface area contributed by atoms with Gasteiger partial charge in [0.25, 0.3) is 0 Å². The number of benzene rings is 2. The molecule has 0 aliphatic heterocycles. The van der Waals surface area contributed by atoms with Crippen LogP contribution >= 0.6 is 0 Å². The third kappa shape index (κ3) is 2.68. The lowest BCUT2D eigenvalue weighted by molar-refractivity contribution is 0.602. The Morgan fingerprint density at radius 2 is 1.67 bits per heavy atom. The summed E-state index contributed by atoms with van der Waals surface area (Å²) in [7, 11) is -3.16. The van der Waals surface area contributed by atoms with Crippen molar-refractivity contribution in [1.82, 2.24) is 0 Å². The van der Waals surface area contributed by atoms with Gasteiger partial charge in [-0.05, 0) is 28.8 Å². The summed E-state index contributed by atoms with van der Waals surface area (Å²) in [6.45, 7) is 3.70. The first-order valence-corrected chi connectivity index (χ1v) is 7.43. The molecule has 0 aliphatic carbocycles. The van der Waals surface area contributed by atoms with Gasteiger partial charge in [-0.3, -0.25) is 0 Å². The molecular weight excluding hydrogens is 244 g/mol. The molecule has 92 valence electrons. The van der Waals surface area contributed by atoms with Crippen molar-refractivity contribution in [2.24, 2.45) is 0 Å². The van der Waals surface area contributed by atoms with Crippen molar-refractivity contribution in [3.05, 3.63) is 60.7 Å². The van der Waals surface area contributed by atoms with Crippen molar-refractivity contribution in [1.29, 1.82) is 0 Å². The second-order valence-electron chi connectivity index (χ2n) is 4.13. The van der Waals surface area contributed by atoms with Crippen LogP contribution in [0.25, 0.3) is 17.2 Å². The van der Waals surface area contributed by atoms with E-state index in [-0.39, 0.29) is 0 Å². The predicted octanol–water partition coefficient (Wildman–Crippen LogP) is 3.40. The highest BCUT2D eigenvalue weighted by molar-refractivity contribution is 7.90. The van der Waals surface area contributed by atoms with Gasteiger partial charge in [-0.15, -0.1) is 0 Å². The maximum absolute atomic E-state index is 11.5. The summed E-state index contributed by atoms with van der Waals surface area (Å²) >= 11 is 0. The molecule has 0 saturated carbocycles. The molecule has 0 radical (unpaired) electrons. The fraction of sp³-hybridized carbons (Fsp3) is 0.0667. The first-order valence-electron chi connectivity index (χ1n) is 5.54. The van der Waals surface area contributed by atoms with Crippen LogP contribution in [0.15, 0.2) is 60.0 Å². The molecule has 2 aromatic rings. The molecule has 2 rings (SSSR count). The van der Waals surface area contributed by atoms with Gasteiger partial charge in [0.15, 0.2) is 9.84 Å². The van der Waals surface area contributed by atoms with Crippen LogP contribution < -0.4 is 0 Å². The van der Waals surface area contributed by atoms with Crippen molar-refractivity contribution in [2.45, 2.75) is 4.90 Å². The lowest BCUT2D eigenvalue weighted by Crippen LogP contribution is -1.96. The monoisotopic (exact) mass is 258 g/mol. The van der Waals surface area contributed by atoms with E-state index in [2.05, 4.69) is 6.58 Å². The Balaban J connectivity index is 2.47. The van der Waals surface area contributed by atoms with E-state index >= 15 is 0 Å². The van der Waals surface area contributed by atoms with Crippen LogP contribution in [0.1, 0.15) is 5.56 Å². The second kappa shape index (κ2) is 4.78. The third-order valence-corrected chi connectivity index (χ3v) is 3.85. The molecule has 2 nitrogen and oxygen atoms in total. The van der Waals surface area contributed by atoms with E-state index in [0.29, 0.717) is 4.90 Å². The molecule has 0 atom stereocenters. The number of hydrogen-bond acceptors (Lipinski definition) is 2. The van der Waals surface area contributed by atoms with Crippen molar-refractivity contribution in [3.8, 4) is 11.1 Å². The van der Waals surface area contributed by atoms with Crippen LogP contribution in [0.3, 0.4) is 0 Å². The SMILES string of the molecule is C=Cc1ccc(-c2cccc(S(C)(=O)=O)c2)cc1. The first kappa shape index (κ1) is 12.6. The standard InChI is InChI=1S/C15H14O2S/c1-3-12-7-9-13(10-8-12)14-5-4-6-15(11-14)18(2,16)17/h3-11H,1H2,2H3. The van der Waals surface area contributed by atoms with Crippen LogP contribution in [0, 0.1) is 0 Å². The molecule has 2 aromatic carbocycles.